The van der Waals surface area contributed by atoms with Crippen LogP contribution in [0, 0.1) is 0 Å². The largest absolute Gasteiger partial charge is 0.497 e. The quantitative estimate of drug-likeness (QED) is 0.864. The number of aromatic nitrogens is 3. The molecule has 0 amide bonds. The molecule has 21 heavy (non-hydrogen) atoms. The van der Waals surface area contributed by atoms with Crippen molar-refractivity contribution in [1.29, 1.82) is 0 Å². The molecule has 2 aromatic heterocycles. The van der Waals surface area contributed by atoms with E-state index in [0.29, 0.717) is 5.92 Å². The van der Waals surface area contributed by atoms with Gasteiger partial charge in [0.15, 0.2) is 0 Å². The van der Waals surface area contributed by atoms with Crippen molar-refractivity contribution >= 4 is 0 Å². The molecule has 3 rings (SSSR count). The fourth-order valence-electron chi connectivity index (χ4n) is 3.07. The Hall–Kier alpha value is -1.88. The molecule has 1 saturated heterocycles. The lowest BCUT2D eigenvalue weighted by Gasteiger charge is -2.31. The van der Waals surface area contributed by atoms with Gasteiger partial charge in [-0.25, -0.2) is 0 Å². The number of hydrogen-bond donors (Lipinski definition) is 0. The summed E-state index contributed by atoms with van der Waals surface area (Å²) in [7, 11) is 3.72. The molecule has 5 heteroatoms. The van der Waals surface area contributed by atoms with Crippen LogP contribution in [0.3, 0.4) is 0 Å². The third-order valence-corrected chi connectivity index (χ3v) is 4.27. The number of methoxy groups -OCH3 is 1. The highest BCUT2D eigenvalue weighted by Gasteiger charge is 2.22. The number of ether oxygens (including phenoxy) is 1. The van der Waals surface area contributed by atoms with Crippen LogP contribution >= 0.6 is 0 Å². The van der Waals surface area contributed by atoms with Crippen molar-refractivity contribution in [3.8, 4) is 5.75 Å². The number of hydrogen-bond acceptors (Lipinski definition) is 4. The van der Waals surface area contributed by atoms with Crippen LogP contribution in [0.25, 0.3) is 0 Å². The van der Waals surface area contributed by atoms with Gasteiger partial charge in [-0.05, 0) is 38.1 Å². The summed E-state index contributed by atoms with van der Waals surface area (Å²) in [6.45, 7) is 3.11. The van der Waals surface area contributed by atoms with E-state index >= 15 is 0 Å². The number of pyridine rings is 1. The number of nitrogens with zero attached hydrogens (tertiary/aromatic N) is 4. The van der Waals surface area contributed by atoms with Gasteiger partial charge in [0.25, 0.3) is 0 Å². The molecule has 1 aliphatic rings. The smallest absolute Gasteiger partial charge is 0.122 e. The van der Waals surface area contributed by atoms with Gasteiger partial charge in [-0.2, -0.15) is 5.10 Å². The fourth-order valence-corrected chi connectivity index (χ4v) is 3.07. The number of aryl methyl sites for hydroxylation is 1. The summed E-state index contributed by atoms with van der Waals surface area (Å²) in [4.78, 5) is 6.90. The molecule has 0 aromatic carbocycles. The summed E-state index contributed by atoms with van der Waals surface area (Å²) in [5, 5.41) is 4.28. The van der Waals surface area contributed by atoms with Crippen molar-refractivity contribution in [3.05, 3.63) is 42.0 Å². The molecule has 0 aliphatic carbocycles. The molecular weight excluding hydrogens is 264 g/mol. The predicted octanol–water partition coefficient (Wildman–Crippen LogP) is 2.20. The first kappa shape index (κ1) is 14.1. The van der Waals surface area contributed by atoms with E-state index in [4.69, 9.17) is 4.74 Å². The Kier molecular flexibility index (Phi) is 4.20. The van der Waals surface area contributed by atoms with Gasteiger partial charge >= 0.3 is 0 Å². The van der Waals surface area contributed by atoms with Gasteiger partial charge in [0.05, 0.1) is 12.8 Å². The molecule has 1 fully saturated rings. The van der Waals surface area contributed by atoms with Gasteiger partial charge in [0, 0.05) is 43.7 Å². The van der Waals surface area contributed by atoms with Crippen LogP contribution in [-0.4, -0.2) is 39.9 Å². The van der Waals surface area contributed by atoms with Crippen molar-refractivity contribution in [2.45, 2.75) is 25.3 Å². The van der Waals surface area contributed by atoms with E-state index in [2.05, 4.69) is 21.0 Å². The normalized spacial score (nSPS) is 17.0. The molecule has 3 heterocycles. The average molecular weight is 286 g/mol. The third kappa shape index (κ3) is 3.24. The lowest BCUT2D eigenvalue weighted by molar-refractivity contribution is 0.199. The second-order valence-corrected chi connectivity index (χ2v) is 5.62. The highest BCUT2D eigenvalue weighted by molar-refractivity contribution is 5.22. The Bertz CT molecular complexity index is 587. The molecule has 5 nitrogen and oxygen atoms in total. The van der Waals surface area contributed by atoms with Crippen LogP contribution in [0.5, 0.6) is 5.75 Å². The SMILES string of the molecule is COc1ccnc(CN2CCC(c3ccnn3C)CC2)c1. The summed E-state index contributed by atoms with van der Waals surface area (Å²) in [5.41, 5.74) is 2.43. The van der Waals surface area contributed by atoms with Gasteiger partial charge in [0.2, 0.25) is 0 Å². The van der Waals surface area contributed by atoms with Crippen molar-refractivity contribution in [2.75, 3.05) is 20.2 Å². The lowest BCUT2D eigenvalue weighted by atomic mass is 9.93. The Morgan fingerprint density at radius 2 is 2.05 bits per heavy atom. The van der Waals surface area contributed by atoms with E-state index in [-0.39, 0.29) is 0 Å². The van der Waals surface area contributed by atoms with Gasteiger partial charge in [-0.15, -0.1) is 0 Å². The van der Waals surface area contributed by atoms with E-state index in [9.17, 15) is 0 Å². The zero-order chi connectivity index (χ0) is 14.7. The maximum Gasteiger partial charge on any atom is 0.122 e. The topological polar surface area (TPSA) is 43.2 Å². The number of piperidine rings is 1. The Morgan fingerprint density at radius 3 is 2.71 bits per heavy atom. The summed E-state index contributed by atoms with van der Waals surface area (Å²) in [6.07, 6.45) is 6.07. The van der Waals surface area contributed by atoms with Crippen molar-refractivity contribution in [2.24, 2.45) is 7.05 Å². The highest BCUT2D eigenvalue weighted by Crippen LogP contribution is 2.28. The van der Waals surface area contributed by atoms with Crippen LogP contribution in [0.2, 0.25) is 0 Å². The third-order valence-electron chi connectivity index (χ3n) is 4.27. The minimum Gasteiger partial charge on any atom is -0.497 e. The second kappa shape index (κ2) is 6.26. The Morgan fingerprint density at radius 1 is 1.24 bits per heavy atom. The zero-order valence-corrected chi connectivity index (χ0v) is 12.7. The van der Waals surface area contributed by atoms with Crippen LogP contribution in [0.1, 0.15) is 30.1 Å². The van der Waals surface area contributed by atoms with Crippen LogP contribution in [0.15, 0.2) is 30.6 Å². The van der Waals surface area contributed by atoms with Crippen molar-refractivity contribution in [1.82, 2.24) is 19.7 Å². The average Bonchev–Trinajstić information content (AvgIpc) is 2.94. The maximum atomic E-state index is 5.25. The standard InChI is InChI=1S/C16H22N4O/c1-19-16(4-8-18-19)13-5-9-20(10-6-13)12-14-11-15(21-2)3-7-17-14/h3-4,7-8,11,13H,5-6,9-10,12H2,1-2H3. The molecule has 0 saturated carbocycles. The van der Waals surface area contributed by atoms with E-state index in [1.54, 1.807) is 7.11 Å². The van der Waals surface area contributed by atoms with Gasteiger partial charge in [-0.1, -0.05) is 0 Å². The van der Waals surface area contributed by atoms with E-state index in [1.807, 2.05) is 36.3 Å². The first-order chi connectivity index (χ1) is 10.3. The molecule has 112 valence electrons. The second-order valence-electron chi connectivity index (χ2n) is 5.62. The molecule has 0 bridgehead atoms. The minimum atomic E-state index is 0.631. The van der Waals surface area contributed by atoms with Gasteiger partial charge in [-0.3, -0.25) is 14.6 Å². The van der Waals surface area contributed by atoms with Crippen LogP contribution < -0.4 is 4.74 Å². The maximum absolute atomic E-state index is 5.25. The fraction of sp³-hybridized carbons (Fsp3) is 0.500. The first-order valence-corrected chi connectivity index (χ1v) is 7.45. The van der Waals surface area contributed by atoms with E-state index < -0.39 is 0 Å². The van der Waals surface area contributed by atoms with Crippen molar-refractivity contribution < 1.29 is 4.74 Å². The van der Waals surface area contributed by atoms with E-state index in [0.717, 1.165) is 31.1 Å². The Balaban J connectivity index is 1.57. The van der Waals surface area contributed by atoms with Crippen LogP contribution in [-0.2, 0) is 13.6 Å². The van der Waals surface area contributed by atoms with Gasteiger partial charge < -0.3 is 4.74 Å². The summed E-state index contributed by atoms with van der Waals surface area (Å²) >= 11 is 0. The molecule has 0 atom stereocenters. The first-order valence-electron chi connectivity index (χ1n) is 7.45. The molecule has 0 spiro atoms. The lowest BCUT2D eigenvalue weighted by Crippen LogP contribution is -2.33. The summed E-state index contributed by atoms with van der Waals surface area (Å²) in [5.74, 6) is 1.51. The molecule has 0 radical (unpaired) electrons. The summed E-state index contributed by atoms with van der Waals surface area (Å²) in [6, 6.07) is 6.05. The molecule has 0 N–H and O–H groups in total. The summed E-state index contributed by atoms with van der Waals surface area (Å²) < 4.78 is 7.26. The van der Waals surface area contributed by atoms with Gasteiger partial charge in [0.1, 0.15) is 5.75 Å². The monoisotopic (exact) mass is 286 g/mol. The predicted molar refractivity (Wildman–Crippen MR) is 81.2 cm³/mol. The van der Waals surface area contributed by atoms with E-state index in [1.165, 1.54) is 18.5 Å². The highest BCUT2D eigenvalue weighted by atomic mass is 16.5. The molecule has 0 unspecified atom stereocenters. The number of rotatable bonds is 4. The molecule has 2 aromatic rings. The molecular formula is C16H22N4O. The molecule has 1 aliphatic heterocycles. The van der Waals surface area contributed by atoms with Crippen LogP contribution in [0.4, 0.5) is 0 Å². The zero-order valence-electron chi connectivity index (χ0n) is 12.7. The Labute approximate surface area is 125 Å². The van der Waals surface area contributed by atoms with Crippen molar-refractivity contribution in [3.63, 3.8) is 0 Å². The minimum absolute atomic E-state index is 0.631. The number of likely N-dealkylation sites (tertiary alicyclic amines) is 1.